The van der Waals surface area contributed by atoms with E-state index in [1.54, 1.807) is 15.7 Å². The molecule has 0 radical (unpaired) electrons. The summed E-state index contributed by atoms with van der Waals surface area (Å²) in [6, 6.07) is 20.3. The van der Waals surface area contributed by atoms with Crippen LogP contribution in [0.4, 0.5) is 0 Å². The van der Waals surface area contributed by atoms with E-state index in [2.05, 4.69) is 101 Å². The molecule has 0 aliphatic rings. The molecule has 0 aliphatic heterocycles. The monoisotopic (exact) mass is 543 g/mol. The number of thiophene rings is 1. The van der Waals surface area contributed by atoms with Crippen LogP contribution in [-0.4, -0.2) is 23.2 Å². The van der Waals surface area contributed by atoms with Gasteiger partial charge in [-0.2, -0.15) is 0 Å². The van der Waals surface area contributed by atoms with E-state index in [4.69, 9.17) is 6.35 Å². The summed E-state index contributed by atoms with van der Waals surface area (Å²) in [6.07, 6.45) is 1.13. The molecule has 0 amide bonds. The molecule has 0 fully saturated rings. The van der Waals surface area contributed by atoms with Crippen molar-refractivity contribution in [2.45, 2.75) is 63.7 Å². The predicted molar refractivity (Wildman–Crippen MR) is 158 cm³/mol. The average Bonchev–Trinajstić information content (AvgIpc) is 3.21. The minimum absolute atomic E-state index is 0.0972. The van der Waals surface area contributed by atoms with Crippen LogP contribution in [0.3, 0.4) is 0 Å². The van der Waals surface area contributed by atoms with Gasteiger partial charge >= 0.3 is 218 Å². The van der Waals surface area contributed by atoms with Crippen molar-refractivity contribution in [1.82, 2.24) is 9.97 Å². The molecule has 4 heteroatoms. The van der Waals surface area contributed by atoms with E-state index in [9.17, 15) is 0 Å². The maximum atomic E-state index is 8.48. The molecule has 35 heavy (non-hydrogen) atoms. The van der Waals surface area contributed by atoms with E-state index in [0.717, 1.165) is 33.3 Å². The molecule has 0 bridgehead atoms. The number of hydrogen-bond acceptors (Lipinski definition) is 3. The van der Waals surface area contributed by atoms with Crippen LogP contribution in [0.1, 0.15) is 48.5 Å². The zero-order chi connectivity index (χ0) is 25.7. The van der Waals surface area contributed by atoms with Crippen molar-refractivity contribution in [3.05, 3.63) is 66.5 Å². The number of rotatable bonds is 6. The molecular formula is C31H36GeN2S. The van der Waals surface area contributed by atoms with E-state index in [1.807, 2.05) is 0 Å². The van der Waals surface area contributed by atoms with Gasteiger partial charge in [-0.15, -0.1) is 0 Å². The quantitative estimate of drug-likeness (QED) is 0.200. The summed E-state index contributed by atoms with van der Waals surface area (Å²) in [6.45, 7) is 14.0. The van der Waals surface area contributed by atoms with E-state index < -0.39 is 13.3 Å². The fourth-order valence-electron chi connectivity index (χ4n) is 5.70. The molecule has 5 rings (SSSR count). The fraction of sp³-hybridized carbons (Fsp3) is 0.355. The van der Waals surface area contributed by atoms with Crippen molar-refractivity contribution in [3.8, 4) is 11.3 Å². The van der Waals surface area contributed by atoms with Crippen LogP contribution < -0.4 is 4.40 Å². The van der Waals surface area contributed by atoms with Gasteiger partial charge in [-0.25, -0.2) is 0 Å². The minimum atomic E-state index is -2.27. The molecular weight excluding hydrogens is 505 g/mol. The summed E-state index contributed by atoms with van der Waals surface area (Å²) < 4.78 is 12.4. The average molecular weight is 542 g/mol. The number of benzene rings is 3. The van der Waals surface area contributed by atoms with Crippen molar-refractivity contribution in [1.29, 1.82) is 0 Å². The van der Waals surface area contributed by atoms with Gasteiger partial charge in [-0.3, -0.25) is 0 Å². The third kappa shape index (κ3) is 4.42. The fourth-order valence-corrected chi connectivity index (χ4v) is 15.1. The van der Waals surface area contributed by atoms with Gasteiger partial charge in [0.05, 0.1) is 0 Å². The first-order valence-electron chi connectivity index (χ1n) is 13.4. The molecule has 0 unspecified atom stereocenters. The predicted octanol–water partition coefficient (Wildman–Crippen LogP) is 8.97. The van der Waals surface area contributed by atoms with Gasteiger partial charge in [-0.05, 0) is 0 Å². The van der Waals surface area contributed by atoms with Gasteiger partial charge in [0, 0.05) is 0 Å². The number of nitrogens with zero attached hydrogens (tertiary/aromatic N) is 2. The van der Waals surface area contributed by atoms with Crippen LogP contribution in [0.25, 0.3) is 42.3 Å². The van der Waals surface area contributed by atoms with Gasteiger partial charge in [0.15, 0.2) is 0 Å². The SMILES string of the molecule is [2H]c1nc(-c2c[c]([Ge]([CH2]C)([CH2]C)[CH2]C)c3ccccc3c2)c2sc3cc(CC(C)(C)C)ccc3c2n1. The molecule has 5 aromatic rings. The van der Waals surface area contributed by atoms with Crippen LogP contribution in [0, 0.1) is 5.41 Å². The summed E-state index contributed by atoms with van der Waals surface area (Å²) in [7, 11) is 0. The first-order valence-corrected chi connectivity index (χ1v) is 19.2. The third-order valence-electron chi connectivity index (χ3n) is 7.74. The van der Waals surface area contributed by atoms with Crippen LogP contribution >= 0.6 is 11.3 Å². The Balaban J connectivity index is 1.78. The zero-order valence-corrected chi connectivity index (χ0v) is 24.7. The molecule has 180 valence electrons. The van der Waals surface area contributed by atoms with Crippen LogP contribution in [0.5, 0.6) is 0 Å². The van der Waals surface area contributed by atoms with Crippen LogP contribution in [-0.2, 0) is 6.42 Å². The summed E-state index contributed by atoms with van der Waals surface area (Å²) in [4.78, 5) is 9.36. The number of fused-ring (bicyclic) bond motifs is 4. The maximum absolute atomic E-state index is 8.48. The third-order valence-corrected chi connectivity index (χ3v) is 20.7. The van der Waals surface area contributed by atoms with Gasteiger partial charge in [-0.1, -0.05) is 0 Å². The molecule has 0 atom stereocenters. The van der Waals surface area contributed by atoms with Crippen molar-refractivity contribution in [3.63, 3.8) is 0 Å². The molecule has 2 heterocycles. The molecule has 3 aromatic carbocycles. The van der Waals surface area contributed by atoms with E-state index in [1.165, 1.54) is 36.8 Å². The first-order chi connectivity index (χ1) is 17.2. The molecule has 0 saturated carbocycles. The Bertz CT molecular complexity index is 1570. The summed E-state index contributed by atoms with van der Waals surface area (Å²) in [5.41, 5.74) is 4.55. The Morgan fingerprint density at radius 3 is 2.34 bits per heavy atom. The Morgan fingerprint density at radius 2 is 1.63 bits per heavy atom. The van der Waals surface area contributed by atoms with Gasteiger partial charge in [0.1, 0.15) is 0 Å². The number of aromatic nitrogens is 2. The number of hydrogen-bond donors (Lipinski definition) is 0. The van der Waals surface area contributed by atoms with Crippen molar-refractivity contribution in [2.24, 2.45) is 5.41 Å². The first kappa shape index (κ1) is 23.2. The van der Waals surface area contributed by atoms with E-state index in [-0.39, 0.29) is 11.7 Å². The second-order valence-corrected chi connectivity index (χ2v) is 23.1. The molecule has 0 N–H and O–H groups in total. The van der Waals surface area contributed by atoms with E-state index in [0.29, 0.717) is 0 Å². The van der Waals surface area contributed by atoms with Crippen molar-refractivity contribution in [2.75, 3.05) is 0 Å². The Labute approximate surface area is 217 Å². The van der Waals surface area contributed by atoms with Gasteiger partial charge in [0.2, 0.25) is 0 Å². The van der Waals surface area contributed by atoms with Crippen molar-refractivity contribution >= 4 is 60.1 Å². The van der Waals surface area contributed by atoms with Crippen LogP contribution in [0.15, 0.2) is 60.9 Å². The van der Waals surface area contributed by atoms with Gasteiger partial charge in [0.25, 0.3) is 0 Å². The van der Waals surface area contributed by atoms with E-state index >= 15 is 0 Å². The standard InChI is InChI=1S/C31H36GeN2S/c1-7-32(8-2,9-3)26-18-23(17-22-12-10-11-13-24(22)26)28-30-29(34-20-33-28)25-15-14-21(16-27(25)35-30)19-31(4,5)6/h10-18,20H,7-9,19H2,1-6H3/i20D. The second kappa shape index (κ2) is 9.33. The normalized spacial score (nSPS) is 13.1. The molecule has 2 aromatic heterocycles. The molecule has 0 spiro atoms. The van der Waals surface area contributed by atoms with Crippen LogP contribution in [0.2, 0.25) is 15.8 Å². The Kier molecular flexibility index (Phi) is 6.18. The summed E-state index contributed by atoms with van der Waals surface area (Å²) in [5.74, 6) is 0. The van der Waals surface area contributed by atoms with Crippen molar-refractivity contribution < 1.29 is 1.37 Å². The Morgan fingerprint density at radius 1 is 0.886 bits per heavy atom. The molecule has 0 aliphatic carbocycles. The Hall–Kier alpha value is -2.24. The molecule has 0 saturated heterocycles. The zero-order valence-electron chi connectivity index (χ0n) is 22.8. The summed E-state index contributed by atoms with van der Waals surface area (Å²) in [5, 5.41) is 7.66. The summed E-state index contributed by atoms with van der Waals surface area (Å²) >= 11 is -0.497. The second-order valence-electron chi connectivity index (χ2n) is 11.1. The topological polar surface area (TPSA) is 25.8 Å². The molecule has 2 nitrogen and oxygen atoms in total. The van der Waals surface area contributed by atoms with Gasteiger partial charge < -0.3 is 0 Å².